The molecule has 0 aliphatic carbocycles. The smallest absolute Gasteiger partial charge is 0.341 e. The number of carboxylic acid groups (broad SMARTS) is 1. The summed E-state index contributed by atoms with van der Waals surface area (Å²) in [5.74, 6) is -3.35. The normalized spacial score (nSPS) is 18.1. The lowest BCUT2D eigenvalue weighted by atomic mass is 10.0. The highest BCUT2D eigenvalue weighted by atomic mass is 19.2. The lowest BCUT2D eigenvalue weighted by molar-refractivity contribution is -0.0363. The predicted molar refractivity (Wildman–Crippen MR) is 161 cm³/mol. The third kappa shape index (κ3) is 5.52. The van der Waals surface area contributed by atoms with E-state index in [2.05, 4.69) is 48.3 Å². The Kier molecular flexibility index (Phi) is 8.64. The SMILES string of the molecule is CN.CN1CCO[C@@H]2CNC[C@@H]21.CNc1cc(F)c(F)c2c1[nH]c1ncc(-c3cnc4[nH]cc(C(=O)O)c(=O)c4c3)cc12. The number of nitrogens with zero attached hydrogens (tertiary/aromatic N) is 3. The fourth-order valence-electron chi connectivity index (χ4n) is 5.42. The molecule has 14 heteroatoms. The summed E-state index contributed by atoms with van der Waals surface area (Å²) in [4.78, 5) is 40.3. The minimum Gasteiger partial charge on any atom is -0.477 e. The van der Waals surface area contributed by atoms with Gasteiger partial charge in [-0.2, -0.15) is 0 Å². The monoisotopic (exact) mass is 594 g/mol. The maximum atomic E-state index is 14.6. The van der Waals surface area contributed by atoms with Crippen molar-refractivity contribution in [2.75, 3.05) is 52.7 Å². The molecule has 0 radical (unpaired) electrons. The molecular formula is C29H32F2N8O4. The number of likely N-dealkylation sites (N-methyl/N-ethyl adjacent to an activating group) is 1. The van der Waals surface area contributed by atoms with Gasteiger partial charge in [-0.3, -0.25) is 9.69 Å². The van der Waals surface area contributed by atoms with Crippen LogP contribution in [-0.4, -0.2) is 95.4 Å². The number of rotatable bonds is 3. The summed E-state index contributed by atoms with van der Waals surface area (Å²) in [6.07, 6.45) is 4.53. The van der Waals surface area contributed by atoms with Gasteiger partial charge >= 0.3 is 5.97 Å². The topological polar surface area (TPSA) is 174 Å². The Hall–Kier alpha value is -4.50. The van der Waals surface area contributed by atoms with Crippen molar-refractivity contribution in [3.05, 3.63) is 64.2 Å². The van der Waals surface area contributed by atoms with Gasteiger partial charge in [-0.05, 0) is 26.2 Å². The second-order valence-corrected chi connectivity index (χ2v) is 10.0. The average Bonchev–Trinajstić information content (AvgIpc) is 3.66. The number of nitrogens with two attached hydrogens (primary N) is 1. The number of aromatic nitrogens is 4. The Labute approximate surface area is 244 Å². The number of anilines is 1. The molecule has 7 N–H and O–H groups in total. The molecule has 0 amide bonds. The van der Waals surface area contributed by atoms with Gasteiger partial charge in [0.25, 0.3) is 0 Å². The van der Waals surface area contributed by atoms with Gasteiger partial charge in [0.15, 0.2) is 11.6 Å². The third-order valence-corrected chi connectivity index (χ3v) is 7.65. The van der Waals surface area contributed by atoms with Crippen LogP contribution in [0, 0.1) is 11.6 Å². The lowest BCUT2D eigenvalue weighted by Gasteiger charge is -2.33. The molecule has 6 heterocycles. The van der Waals surface area contributed by atoms with Gasteiger partial charge in [0.1, 0.15) is 16.9 Å². The highest BCUT2D eigenvalue weighted by Crippen LogP contribution is 2.35. The number of aromatic amines is 2. The third-order valence-electron chi connectivity index (χ3n) is 7.65. The molecule has 0 saturated carbocycles. The highest BCUT2D eigenvalue weighted by Gasteiger charge is 2.33. The fraction of sp³-hybridized carbons (Fsp3) is 0.310. The number of ether oxygens (including phenoxy) is 1. The molecule has 2 fully saturated rings. The summed E-state index contributed by atoms with van der Waals surface area (Å²) in [5.41, 5.74) is 5.73. The number of pyridine rings is 3. The van der Waals surface area contributed by atoms with Crippen LogP contribution >= 0.6 is 0 Å². The van der Waals surface area contributed by atoms with Gasteiger partial charge in [0.05, 0.1) is 29.3 Å². The number of benzene rings is 1. The maximum absolute atomic E-state index is 14.6. The van der Waals surface area contributed by atoms with Crippen LogP contribution in [-0.2, 0) is 4.74 Å². The van der Waals surface area contributed by atoms with Gasteiger partial charge in [0, 0.05) is 79.3 Å². The van der Waals surface area contributed by atoms with Crippen LogP contribution in [0.2, 0.25) is 0 Å². The Balaban J connectivity index is 0.000000256. The molecule has 226 valence electrons. The zero-order valence-corrected chi connectivity index (χ0v) is 23.8. The summed E-state index contributed by atoms with van der Waals surface area (Å²) < 4.78 is 34.3. The van der Waals surface area contributed by atoms with Crippen LogP contribution in [0.3, 0.4) is 0 Å². The Morgan fingerprint density at radius 3 is 2.49 bits per heavy atom. The highest BCUT2D eigenvalue weighted by molar-refractivity contribution is 6.11. The van der Waals surface area contributed by atoms with E-state index in [1.807, 2.05) is 0 Å². The summed E-state index contributed by atoms with van der Waals surface area (Å²) in [5, 5.41) is 15.8. The van der Waals surface area contributed by atoms with Crippen molar-refractivity contribution in [1.82, 2.24) is 30.2 Å². The molecule has 2 aliphatic rings. The molecule has 43 heavy (non-hydrogen) atoms. The van der Waals surface area contributed by atoms with Gasteiger partial charge in [-0.25, -0.2) is 23.5 Å². The molecule has 2 saturated heterocycles. The number of hydrogen-bond acceptors (Lipinski definition) is 9. The number of nitrogens with one attached hydrogen (secondary N) is 4. The predicted octanol–water partition coefficient (Wildman–Crippen LogP) is 2.50. The second kappa shape index (κ2) is 12.4. The number of halogens is 2. The standard InChI is InChI=1S/C21H13F2N5O3.C7H14N2O.CH5N/c1-24-14-4-13(22)16(23)15-10-2-8(6-26-20(10)28-17(14)15)9-3-11-18(29)12(21(30)31)7-27-19(11)25-5-9;1-9-2-3-10-7-5-8-4-6(7)9;1-2/h2-7,24H,1H3,(H,26,28)(H,30,31)(H,25,27,29);6-8H,2-5H2,1H3;2H2,1H3/t;6-,7+;/m.0./s1. The largest absolute Gasteiger partial charge is 0.477 e. The van der Waals surface area contributed by atoms with Crippen LogP contribution < -0.4 is 21.8 Å². The molecule has 0 unspecified atom stereocenters. The summed E-state index contributed by atoms with van der Waals surface area (Å²) in [6.45, 7) is 4.12. The van der Waals surface area contributed by atoms with Crippen molar-refractivity contribution in [2.45, 2.75) is 12.1 Å². The molecule has 0 spiro atoms. The Morgan fingerprint density at radius 2 is 1.81 bits per heavy atom. The maximum Gasteiger partial charge on any atom is 0.341 e. The summed E-state index contributed by atoms with van der Waals surface area (Å²) >= 11 is 0. The van der Waals surface area contributed by atoms with Gasteiger partial charge < -0.3 is 36.2 Å². The minimum atomic E-state index is -1.35. The molecule has 2 atom stereocenters. The Bertz CT molecular complexity index is 1880. The van der Waals surface area contributed by atoms with Crippen molar-refractivity contribution in [3.63, 3.8) is 0 Å². The van der Waals surface area contributed by atoms with E-state index in [-0.39, 0.29) is 16.4 Å². The first-order valence-electron chi connectivity index (χ1n) is 13.6. The zero-order valence-electron chi connectivity index (χ0n) is 23.8. The summed E-state index contributed by atoms with van der Waals surface area (Å²) in [6, 6.07) is 4.80. The first-order chi connectivity index (χ1) is 20.8. The van der Waals surface area contributed by atoms with Crippen LogP contribution in [0.15, 0.2) is 41.6 Å². The van der Waals surface area contributed by atoms with Crippen molar-refractivity contribution < 1.29 is 23.4 Å². The molecule has 7 rings (SSSR count). The number of fused-ring (bicyclic) bond motifs is 5. The van der Waals surface area contributed by atoms with Crippen LogP contribution in [0.5, 0.6) is 0 Å². The van der Waals surface area contributed by atoms with E-state index < -0.39 is 28.6 Å². The average molecular weight is 595 g/mol. The molecule has 12 nitrogen and oxygen atoms in total. The van der Waals surface area contributed by atoms with Crippen molar-refractivity contribution >= 4 is 44.6 Å². The molecule has 0 bridgehead atoms. The first kappa shape index (κ1) is 30.0. The number of aromatic carboxylic acids is 1. The molecule has 1 aromatic carbocycles. The summed E-state index contributed by atoms with van der Waals surface area (Å²) in [7, 11) is 5.27. The van der Waals surface area contributed by atoms with E-state index in [1.165, 1.54) is 25.5 Å². The molecule has 4 aromatic heterocycles. The van der Waals surface area contributed by atoms with Crippen LogP contribution in [0.4, 0.5) is 14.5 Å². The number of H-pyrrole nitrogens is 2. The quantitative estimate of drug-likeness (QED) is 0.182. The minimum absolute atomic E-state index is 0.0495. The van der Waals surface area contributed by atoms with E-state index in [0.29, 0.717) is 45.5 Å². The van der Waals surface area contributed by atoms with E-state index in [0.717, 1.165) is 38.5 Å². The molecule has 5 aromatic rings. The second-order valence-electron chi connectivity index (χ2n) is 10.0. The number of carbonyl (C=O) groups is 1. The van der Waals surface area contributed by atoms with Gasteiger partial charge in [0.2, 0.25) is 5.43 Å². The number of morpholine rings is 1. The van der Waals surface area contributed by atoms with Crippen molar-refractivity contribution in [3.8, 4) is 11.1 Å². The Morgan fingerprint density at radius 1 is 1.12 bits per heavy atom. The molecular weight excluding hydrogens is 562 g/mol. The van der Waals surface area contributed by atoms with Crippen LogP contribution in [0.25, 0.3) is 44.1 Å². The van der Waals surface area contributed by atoms with E-state index in [9.17, 15) is 23.5 Å². The van der Waals surface area contributed by atoms with E-state index in [4.69, 9.17) is 4.74 Å². The number of carboxylic acids is 1. The first-order valence-corrected chi connectivity index (χ1v) is 13.6. The fourth-order valence-corrected chi connectivity index (χ4v) is 5.42. The number of hydrogen-bond donors (Lipinski definition) is 6. The van der Waals surface area contributed by atoms with Gasteiger partial charge in [-0.1, -0.05) is 0 Å². The molecule has 2 aliphatic heterocycles. The van der Waals surface area contributed by atoms with Crippen molar-refractivity contribution in [2.24, 2.45) is 5.73 Å². The zero-order chi connectivity index (χ0) is 30.8. The lowest BCUT2D eigenvalue weighted by Crippen LogP contribution is -2.48. The van der Waals surface area contributed by atoms with Crippen molar-refractivity contribution in [1.29, 1.82) is 0 Å². The van der Waals surface area contributed by atoms with E-state index in [1.54, 1.807) is 13.1 Å². The van der Waals surface area contributed by atoms with E-state index >= 15 is 0 Å². The van der Waals surface area contributed by atoms with Crippen LogP contribution in [0.1, 0.15) is 10.4 Å². The van der Waals surface area contributed by atoms with Gasteiger partial charge in [-0.15, -0.1) is 0 Å².